The van der Waals surface area contributed by atoms with Crippen LogP contribution in [0.2, 0.25) is 5.02 Å². The van der Waals surface area contributed by atoms with Crippen LogP contribution in [0.3, 0.4) is 0 Å². The molecule has 0 fully saturated rings. The highest BCUT2D eigenvalue weighted by Gasteiger charge is 2.21. The van der Waals surface area contributed by atoms with Gasteiger partial charge < -0.3 is 21.5 Å². The summed E-state index contributed by atoms with van der Waals surface area (Å²) < 4.78 is 13.5. The van der Waals surface area contributed by atoms with E-state index in [9.17, 15) is 9.65 Å². The maximum Gasteiger partial charge on any atom is 0.123 e. The van der Waals surface area contributed by atoms with Gasteiger partial charge in [-0.3, -0.25) is 4.98 Å². The second-order valence-electron chi connectivity index (χ2n) is 7.42. The number of hydrogen-bond acceptors (Lipinski definition) is 9. The van der Waals surface area contributed by atoms with E-state index in [4.69, 9.17) is 11.6 Å². The van der Waals surface area contributed by atoms with Gasteiger partial charge in [-0.15, -0.1) is 11.3 Å². The van der Waals surface area contributed by atoms with Gasteiger partial charge in [-0.25, -0.2) is 9.37 Å². The summed E-state index contributed by atoms with van der Waals surface area (Å²) >= 11 is 8.14. The Kier molecular flexibility index (Phi) is 6.14. The summed E-state index contributed by atoms with van der Waals surface area (Å²) in [6.07, 6.45) is 5.03. The lowest BCUT2D eigenvalue weighted by Crippen LogP contribution is -2.33. The van der Waals surface area contributed by atoms with Gasteiger partial charge >= 0.3 is 0 Å². The average molecular weight is 493 g/mol. The maximum absolute atomic E-state index is 13.5. The Balaban J connectivity index is 1.55. The summed E-state index contributed by atoms with van der Waals surface area (Å²) in [5.41, 5.74) is 12.7. The van der Waals surface area contributed by atoms with Crippen LogP contribution in [0.4, 0.5) is 15.8 Å². The number of thiazole rings is 1. The lowest BCUT2D eigenvalue weighted by atomic mass is 10.0. The molecule has 8 nitrogen and oxygen atoms in total. The normalized spacial score (nSPS) is 13.5. The third kappa shape index (κ3) is 4.45. The Hall–Kier alpha value is -3.91. The molecule has 0 amide bonds. The zero-order valence-corrected chi connectivity index (χ0v) is 19.1. The number of benzene rings is 2. The summed E-state index contributed by atoms with van der Waals surface area (Å²) in [6.45, 7) is 0.465. The molecular weight excluding hydrogens is 475 g/mol. The van der Waals surface area contributed by atoms with Crippen LogP contribution in [0.15, 0.2) is 66.1 Å². The van der Waals surface area contributed by atoms with E-state index in [0.29, 0.717) is 39.4 Å². The minimum Gasteiger partial charge on any atom is -0.377 e. The van der Waals surface area contributed by atoms with Crippen LogP contribution in [0.5, 0.6) is 0 Å². The molecule has 5 N–H and O–H groups in total. The first-order chi connectivity index (χ1) is 16.6. The topological polar surface area (TPSA) is 110 Å². The Labute approximate surface area is 203 Å². The number of pyridine rings is 1. The van der Waals surface area contributed by atoms with Crippen LogP contribution in [0, 0.1) is 17.1 Å². The molecule has 34 heavy (non-hydrogen) atoms. The number of nitrogens with zero attached hydrogens (tertiary/aromatic N) is 3. The zero-order valence-electron chi connectivity index (χ0n) is 17.6. The summed E-state index contributed by atoms with van der Waals surface area (Å²) in [5.74, 6) is -0.313. The second-order valence-corrected chi connectivity index (χ2v) is 8.80. The summed E-state index contributed by atoms with van der Waals surface area (Å²) in [5, 5.41) is 20.4. The van der Waals surface area contributed by atoms with Crippen molar-refractivity contribution in [1.82, 2.24) is 26.4 Å². The molecule has 1 atom stereocenters. The molecule has 0 saturated carbocycles. The molecule has 0 saturated heterocycles. The van der Waals surface area contributed by atoms with Gasteiger partial charge in [0, 0.05) is 35.0 Å². The molecule has 0 radical (unpaired) electrons. The molecule has 0 spiro atoms. The van der Waals surface area contributed by atoms with Crippen LogP contribution in [0.25, 0.3) is 10.9 Å². The molecule has 170 valence electrons. The number of aromatic nitrogens is 2. The van der Waals surface area contributed by atoms with Gasteiger partial charge in [-0.2, -0.15) is 10.8 Å². The monoisotopic (exact) mass is 492 g/mol. The molecule has 0 aliphatic carbocycles. The van der Waals surface area contributed by atoms with Crippen LogP contribution in [-0.2, 0) is 6.54 Å². The van der Waals surface area contributed by atoms with Crippen molar-refractivity contribution < 1.29 is 4.39 Å². The van der Waals surface area contributed by atoms with Crippen molar-refractivity contribution in [3.8, 4) is 6.07 Å². The number of nitriles is 1. The Morgan fingerprint density at radius 1 is 1.21 bits per heavy atom. The second kappa shape index (κ2) is 9.52. The van der Waals surface area contributed by atoms with Gasteiger partial charge in [-0.05, 0) is 29.8 Å². The van der Waals surface area contributed by atoms with Crippen molar-refractivity contribution in [3.05, 3.63) is 93.0 Å². The standard InChI is InChI=1S/C23H18ClFN8S/c24-18-8-16(31-22(19-11-30-33-32-19)13-1-3-15(25)4-2-13)7-17-21(14(9-26)10-28-23(17)18)29-12-20-27-5-6-34-20/h1-8,10-11,22,30-33H,12H2,(H,28,29)/t22-/m0/s1. The molecule has 1 aliphatic heterocycles. The van der Waals surface area contributed by atoms with Crippen LogP contribution in [0.1, 0.15) is 22.2 Å². The SMILES string of the molecule is N#Cc1cnc2c(Cl)cc(N[C@H](C3=CNNN3)c3ccc(F)cc3)cc2c1NCc1nccs1. The number of nitrogens with one attached hydrogen (secondary N) is 5. The molecule has 1 aliphatic rings. The summed E-state index contributed by atoms with van der Waals surface area (Å²) in [7, 11) is 0. The third-order valence-corrected chi connectivity index (χ3v) is 6.34. The predicted octanol–water partition coefficient (Wildman–Crippen LogP) is 4.57. The van der Waals surface area contributed by atoms with E-state index in [1.165, 1.54) is 29.7 Å². The molecule has 0 bridgehead atoms. The number of anilines is 2. The van der Waals surface area contributed by atoms with Crippen molar-refractivity contribution in [2.75, 3.05) is 10.6 Å². The fourth-order valence-corrected chi connectivity index (χ4v) is 4.52. The maximum atomic E-state index is 13.5. The highest BCUT2D eigenvalue weighted by Crippen LogP contribution is 2.35. The predicted molar refractivity (Wildman–Crippen MR) is 131 cm³/mol. The quantitative estimate of drug-likeness (QED) is 0.255. The highest BCUT2D eigenvalue weighted by atomic mass is 35.5. The minimum absolute atomic E-state index is 0.313. The van der Waals surface area contributed by atoms with Gasteiger partial charge in [-0.1, -0.05) is 23.7 Å². The first-order valence-corrected chi connectivity index (χ1v) is 11.5. The fraction of sp³-hybridized carbons (Fsp3) is 0.0870. The number of hydrogen-bond donors (Lipinski definition) is 5. The minimum atomic E-state index is -0.338. The Morgan fingerprint density at radius 2 is 2.06 bits per heavy atom. The molecule has 0 unspecified atom stereocenters. The highest BCUT2D eigenvalue weighted by molar-refractivity contribution is 7.09. The number of rotatable bonds is 7. The smallest absolute Gasteiger partial charge is 0.123 e. The van der Waals surface area contributed by atoms with E-state index >= 15 is 0 Å². The first kappa shape index (κ1) is 21.9. The van der Waals surface area contributed by atoms with Crippen LogP contribution >= 0.6 is 22.9 Å². The zero-order chi connectivity index (χ0) is 23.5. The summed E-state index contributed by atoms with van der Waals surface area (Å²) in [4.78, 5) is 8.69. The average Bonchev–Trinajstić information content (AvgIpc) is 3.56. The van der Waals surface area contributed by atoms with Gasteiger partial charge in [0.1, 0.15) is 16.9 Å². The van der Waals surface area contributed by atoms with E-state index in [2.05, 4.69) is 43.1 Å². The van der Waals surface area contributed by atoms with E-state index in [1.807, 2.05) is 11.4 Å². The van der Waals surface area contributed by atoms with Crippen molar-refractivity contribution >= 4 is 45.2 Å². The van der Waals surface area contributed by atoms with E-state index in [-0.39, 0.29) is 11.9 Å². The van der Waals surface area contributed by atoms with E-state index < -0.39 is 0 Å². The number of fused-ring (bicyclic) bond motifs is 1. The number of halogens is 2. The van der Waals surface area contributed by atoms with Crippen molar-refractivity contribution in [1.29, 1.82) is 5.26 Å². The van der Waals surface area contributed by atoms with Crippen molar-refractivity contribution in [3.63, 3.8) is 0 Å². The Bertz CT molecular complexity index is 1400. The summed E-state index contributed by atoms with van der Waals surface area (Å²) in [6, 6.07) is 11.8. The largest absolute Gasteiger partial charge is 0.377 e. The van der Waals surface area contributed by atoms with Gasteiger partial charge in [0.2, 0.25) is 0 Å². The molecule has 11 heteroatoms. The fourth-order valence-electron chi connectivity index (χ4n) is 3.70. The molecular formula is C23H18ClFN8S. The van der Waals surface area contributed by atoms with Gasteiger partial charge in [0.15, 0.2) is 0 Å². The van der Waals surface area contributed by atoms with Crippen LogP contribution in [-0.4, -0.2) is 9.97 Å². The molecule has 3 heterocycles. The molecule has 2 aromatic heterocycles. The lowest BCUT2D eigenvalue weighted by Gasteiger charge is -2.22. The van der Waals surface area contributed by atoms with Gasteiger partial charge in [0.05, 0.1) is 40.1 Å². The Morgan fingerprint density at radius 3 is 2.76 bits per heavy atom. The molecule has 4 aromatic rings. The first-order valence-electron chi connectivity index (χ1n) is 10.3. The molecule has 5 rings (SSSR count). The van der Waals surface area contributed by atoms with E-state index in [1.54, 1.807) is 30.6 Å². The van der Waals surface area contributed by atoms with E-state index in [0.717, 1.165) is 16.3 Å². The van der Waals surface area contributed by atoms with Crippen LogP contribution < -0.4 is 27.0 Å². The molecule has 2 aromatic carbocycles. The third-order valence-electron chi connectivity index (χ3n) is 5.28. The van der Waals surface area contributed by atoms with Gasteiger partial charge in [0.25, 0.3) is 0 Å². The lowest BCUT2D eigenvalue weighted by molar-refractivity contribution is 0.582. The van der Waals surface area contributed by atoms with Crippen molar-refractivity contribution in [2.24, 2.45) is 0 Å². The number of hydrazine groups is 2. The van der Waals surface area contributed by atoms with Crippen molar-refractivity contribution in [2.45, 2.75) is 12.6 Å².